The van der Waals surface area contributed by atoms with Gasteiger partial charge >= 0.3 is 6.18 Å². The number of hydrogen-bond donors (Lipinski definition) is 2. The molecule has 0 saturated carbocycles. The minimum atomic E-state index is -4.85. The number of fused-ring (bicyclic) bond motifs is 1. The summed E-state index contributed by atoms with van der Waals surface area (Å²) in [6.45, 7) is 0.777. The third-order valence-electron chi connectivity index (χ3n) is 4.71. The zero-order valence-electron chi connectivity index (χ0n) is 16.4. The number of benzene rings is 1. The molecule has 1 aromatic carbocycles. The summed E-state index contributed by atoms with van der Waals surface area (Å²) in [4.78, 5) is 12.2. The highest BCUT2D eigenvalue weighted by Gasteiger charge is 2.41. The maximum absolute atomic E-state index is 13.5. The smallest absolute Gasteiger partial charge is 0.335 e. The number of anilines is 1. The first-order chi connectivity index (χ1) is 14.8. The van der Waals surface area contributed by atoms with Crippen molar-refractivity contribution in [3.63, 3.8) is 0 Å². The Kier molecular flexibility index (Phi) is 6.68. The van der Waals surface area contributed by atoms with Crippen molar-refractivity contribution in [1.29, 1.82) is 0 Å². The number of allylic oxidation sites excluding steroid dienone is 1. The molecule has 0 spiro atoms. The zero-order valence-corrected chi connectivity index (χ0v) is 18.0. The molecule has 3 rings (SSSR count). The van der Waals surface area contributed by atoms with Crippen LogP contribution < -0.4 is 10.0 Å². The largest absolute Gasteiger partial charge is 0.404 e. The van der Waals surface area contributed by atoms with Gasteiger partial charge in [-0.2, -0.15) is 17.9 Å². The van der Waals surface area contributed by atoms with E-state index in [1.54, 1.807) is 6.08 Å². The third kappa shape index (κ3) is 4.81. The number of aromatic nitrogens is 1. The molecule has 2 aromatic rings. The second-order valence-corrected chi connectivity index (χ2v) is 9.07. The maximum Gasteiger partial charge on any atom is 0.404 e. The Morgan fingerprint density at radius 2 is 1.91 bits per heavy atom. The molecule has 0 radical (unpaired) electrons. The second kappa shape index (κ2) is 8.83. The van der Waals surface area contributed by atoms with E-state index in [1.165, 1.54) is 15.4 Å². The lowest BCUT2D eigenvalue weighted by atomic mass is 10.2. The molecule has 1 atom stereocenters. The van der Waals surface area contributed by atoms with Crippen LogP contribution in [0, 0.1) is 11.6 Å². The second-order valence-electron chi connectivity index (χ2n) is 7.04. The average Bonchev–Trinajstić information content (AvgIpc) is 2.80. The van der Waals surface area contributed by atoms with Crippen molar-refractivity contribution in [3.05, 3.63) is 52.3 Å². The molecular formula is C19H17ClF5N3O3S. The minimum absolute atomic E-state index is 0.0650. The summed E-state index contributed by atoms with van der Waals surface area (Å²) < 4.78 is 93.8. The first-order valence-electron chi connectivity index (χ1n) is 9.27. The molecule has 0 fully saturated rings. The minimum Gasteiger partial charge on any atom is -0.335 e. The van der Waals surface area contributed by atoms with Crippen LogP contribution in [-0.4, -0.2) is 31.1 Å². The summed E-state index contributed by atoms with van der Waals surface area (Å²) in [5.41, 5.74) is -0.527. The maximum atomic E-state index is 13.5. The molecular weight excluding hydrogens is 481 g/mol. The fourth-order valence-electron chi connectivity index (χ4n) is 3.14. The van der Waals surface area contributed by atoms with Crippen molar-refractivity contribution in [2.24, 2.45) is 0 Å². The number of carbonyl (C=O) groups is 1. The summed E-state index contributed by atoms with van der Waals surface area (Å²) in [6.07, 6.45) is -0.862. The number of sulfonamides is 1. The molecule has 1 unspecified atom stereocenters. The Hall–Kier alpha value is -2.44. The van der Waals surface area contributed by atoms with E-state index < -0.39 is 49.7 Å². The van der Waals surface area contributed by atoms with E-state index in [0.29, 0.717) is 19.8 Å². The molecule has 0 aliphatic carbocycles. The number of nitrogens with one attached hydrogen (secondary N) is 2. The molecule has 32 heavy (non-hydrogen) atoms. The number of amides is 1. The van der Waals surface area contributed by atoms with Crippen LogP contribution in [0.4, 0.5) is 27.6 Å². The van der Waals surface area contributed by atoms with Gasteiger partial charge in [-0.15, -0.1) is 0 Å². The summed E-state index contributed by atoms with van der Waals surface area (Å²) in [5, 5.41) is 1.71. The van der Waals surface area contributed by atoms with Gasteiger partial charge in [-0.25, -0.2) is 17.2 Å². The van der Waals surface area contributed by atoms with Gasteiger partial charge in [0.25, 0.3) is 5.91 Å². The molecule has 13 heteroatoms. The Labute approximate surface area is 185 Å². The van der Waals surface area contributed by atoms with E-state index in [9.17, 15) is 35.2 Å². The average molecular weight is 498 g/mol. The summed E-state index contributed by atoms with van der Waals surface area (Å²) >= 11 is 6.22. The Balaban J connectivity index is 2.09. The van der Waals surface area contributed by atoms with Crippen molar-refractivity contribution >= 4 is 39.3 Å². The van der Waals surface area contributed by atoms with Gasteiger partial charge in [0.2, 0.25) is 10.0 Å². The van der Waals surface area contributed by atoms with E-state index in [2.05, 4.69) is 5.32 Å². The molecule has 1 amide bonds. The molecule has 1 aliphatic rings. The van der Waals surface area contributed by atoms with Crippen LogP contribution in [0.15, 0.2) is 29.2 Å². The van der Waals surface area contributed by atoms with Crippen LogP contribution in [-0.2, 0) is 16.6 Å². The van der Waals surface area contributed by atoms with Crippen molar-refractivity contribution in [2.75, 3.05) is 5.32 Å². The standard InChI is InChI=1S/C19H17ClF5N3O3S/c1-10(19(23,24)25)27-32(30,31)17-14-5-3-2-4-8-28(14)16(15(17)20)18(29)26-11-6-7-12(21)13(22)9-11/h3,5-7,9-10,27H,2,4,8H2,1H3,(H,26,29). The molecule has 174 valence electrons. The summed E-state index contributed by atoms with van der Waals surface area (Å²) in [6, 6.07) is 0.179. The number of rotatable bonds is 5. The molecule has 6 nitrogen and oxygen atoms in total. The number of carbonyl (C=O) groups excluding carboxylic acids is 1. The topological polar surface area (TPSA) is 80.2 Å². The number of alkyl halides is 3. The van der Waals surface area contributed by atoms with Crippen LogP contribution in [0.3, 0.4) is 0 Å². The first-order valence-corrected chi connectivity index (χ1v) is 11.1. The normalized spacial score (nSPS) is 15.2. The van der Waals surface area contributed by atoms with Crippen LogP contribution in [0.2, 0.25) is 5.02 Å². The quantitative estimate of drug-likeness (QED) is 0.587. The summed E-state index contributed by atoms with van der Waals surface area (Å²) in [5.74, 6) is -3.30. The molecule has 0 saturated heterocycles. The van der Waals surface area contributed by atoms with Crippen molar-refractivity contribution in [2.45, 2.75) is 43.4 Å². The SMILES string of the molecule is CC(NS(=O)(=O)c1c(Cl)c(C(=O)Nc2ccc(F)c(F)c2)n2c1C=CCCC2)C(F)(F)F. The van der Waals surface area contributed by atoms with Gasteiger partial charge < -0.3 is 9.88 Å². The highest BCUT2D eigenvalue weighted by Crippen LogP contribution is 2.36. The first kappa shape index (κ1) is 24.2. The van der Waals surface area contributed by atoms with Gasteiger partial charge in [-0.3, -0.25) is 4.79 Å². The fraction of sp³-hybridized carbons (Fsp3) is 0.316. The lowest BCUT2D eigenvalue weighted by Crippen LogP contribution is -2.43. The Bertz CT molecular complexity index is 1190. The number of nitrogens with zero attached hydrogens (tertiary/aromatic N) is 1. The van der Waals surface area contributed by atoms with E-state index in [4.69, 9.17) is 11.6 Å². The Morgan fingerprint density at radius 1 is 1.22 bits per heavy atom. The highest BCUT2D eigenvalue weighted by atomic mass is 35.5. The van der Waals surface area contributed by atoms with Crippen LogP contribution >= 0.6 is 11.6 Å². The van der Waals surface area contributed by atoms with E-state index >= 15 is 0 Å². The number of halogens is 6. The van der Waals surface area contributed by atoms with Gasteiger partial charge in [0, 0.05) is 18.3 Å². The van der Waals surface area contributed by atoms with E-state index in [-0.39, 0.29) is 23.6 Å². The molecule has 0 bridgehead atoms. The van der Waals surface area contributed by atoms with Crippen LogP contribution in [0.1, 0.15) is 35.9 Å². The summed E-state index contributed by atoms with van der Waals surface area (Å²) in [7, 11) is -4.79. The van der Waals surface area contributed by atoms with Crippen LogP contribution in [0.25, 0.3) is 6.08 Å². The van der Waals surface area contributed by atoms with Gasteiger partial charge in [0.1, 0.15) is 16.6 Å². The van der Waals surface area contributed by atoms with Gasteiger partial charge in [0.15, 0.2) is 11.6 Å². The van der Waals surface area contributed by atoms with Crippen LogP contribution in [0.5, 0.6) is 0 Å². The molecule has 2 heterocycles. The van der Waals surface area contributed by atoms with Gasteiger partial charge in [-0.1, -0.05) is 17.7 Å². The lowest BCUT2D eigenvalue weighted by molar-refractivity contribution is -0.147. The third-order valence-corrected chi connectivity index (χ3v) is 6.81. The molecule has 1 aromatic heterocycles. The highest BCUT2D eigenvalue weighted by molar-refractivity contribution is 7.89. The van der Waals surface area contributed by atoms with E-state index in [1.807, 2.05) is 0 Å². The van der Waals surface area contributed by atoms with Crippen molar-refractivity contribution in [1.82, 2.24) is 9.29 Å². The zero-order chi connectivity index (χ0) is 23.8. The van der Waals surface area contributed by atoms with Crippen molar-refractivity contribution < 1.29 is 35.2 Å². The monoisotopic (exact) mass is 497 g/mol. The van der Waals surface area contributed by atoms with Gasteiger partial charge in [0.05, 0.1) is 10.7 Å². The van der Waals surface area contributed by atoms with Crippen molar-refractivity contribution in [3.8, 4) is 0 Å². The fourth-order valence-corrected chi connectivity index (χ4v) is 5.23. The van der Waals surface area contributed by atoms with Gasteiger partial charge in [-0.05, 0) is 38.0 Å². The number of hydrogen-bond acceptors (Lipinski definition) is 3. The predicted molar refractivity (Wildman–Crippen MR) is 108 cm³/mol. The predicted octanol–water partition coefficient (Wildman–Crippen LogP) is 4.71. The van der Waals surface area contributed by atoms with E-state index in [0.717, 1.165) is 18.2 Å². The molecule has 1 aliphatic heterocycles. The molecule has 2 N–H and O–H groups in total. The lowest BCUT2D eigenvalue weighted by Gasteiger charge is -2.17. The Morgan fingerprint density at radius 3 is 2.53 bits per heavy atom.